The molecule has 3 nitrogen and oxygen atoms in total. The van der Waals surface area contributed by atoms with Crippen molar-refractivity contribution in [2.75, 3.05) is 0 Å². The van der Waals surface area contributed by atoms with Gasteiger partial charge in [0.25, 0.3) is 0 Å². The highest BCUT2D eigenvalue weighted by atomic mass is 15.0. The van der Waals surface area contributed by atoms with Gasteiger partial charge in [0.15, 0.2) is 0 Å². The van der Waals surface area contributed by atoms with E-state index < -0.39 is 0 Å². The van der Waals surface area contributed by atoms with Gasteiger partial charge in [0.05, 0.1) is 12.2 Å². The normalized spacial score (nSPS) is 18.7. The van der Waals surface area contributed by atoms with Crippen molar-refractivity contribution in [2.45, 2.75) is 51.5 Å². The minimum Gasteiger partial charge on any atom is -0.345 e. The molecule has 0 unspecified atom stereocenters. The van der Waals surface area contributed by atoms with Crippen molar-refractivity contribution < 1.29 is 0 Å². The molecule has 0 spiro atoms. The molecule has 0 radical (unpaired) electrons. The molecule has 3 heteroatoms. The van der Waals surface area contributed by atoms with Crippen LogP contribution in [0.4, 0.5) is 0 Å². The summed E-state index contributed by atoms with van der Waals surface area (Å²) in [4.78, 5) is 7.83. The molecule has 0 aliphatic heterocycles. The first kappa shape index (κ1) is 9.71. The summed E-state index contributed by atoms with van der Waals surface area (Å²) in [5.41, 5.74) is 8.06. The number of aryl methyl sites for hydroxylation is 1. The van der Waals surface area contributed by atoms with Gasteiger partial charge in [-0.05, 0) is 19.8 Å². The number of nitrogens with zero attached hydrogens (tertiary/aromatic N) is 1. The van der Waals surface area contributed by atoms with Crippen LogP contribution < -0.4 is 5.73 Å². The molecular weight excluding hydrogens is 174 g/mol. The van der Waals surface area contributed by atoms with E-state index in [1.54, 1.807) is 0 Å². The van der Waals surface area contributed by atoms with E-state index in [1.165, 1.54) is 43.5 Å². The van der Waals surface area contributed by atoms with Crippen LogP contribution in [0.1, 0.15) is 55.2 Å². The summed E-state index contributed by atoms with van der Waals surface area (Å²) in [7, 11) is 0. The lowest BCUT2D eigenvalue weighted by Crippen LogP contribution is -2.06. The fourth-order valence-corrected chi connectivity index (χ4v) is 2.41. The molecule has 0 bridgehead atoms. The monoisotopic (exact) mass is 193 g/mol. The minimum atomic E-state index is 0.521. The summed E-state index contributed by atoms with van der Waals surface area (Å²) < 4.78 is 0. The molecule has 0 atom stereocenters. The first-order valence-electron chi connectivity index (χ1n) is 5.56. The zero-order valence-corrected chi connectivity index (χ0v) is 8.84. The van der Waals surface area contributed by atoms with E-state index in [1.807, 2.05) is 0 Å². The Hall–Kier alpha value is -0.830. The number of H-pyrrole nitrogens is 1. The second-order valence-electron chi connectivity index (χ2n) is 4.23. The van der Waals surface area contributed by atoms with Crippen LogP contribution >= 0.6 is 0 Å². The van der Waals surface area contributed by atoms with Gasteiger partial charge in [0, 0.05) is 11.6 Å². The van der Waals surface area contributed by atoms with Crippen molar-refractivity contribution in [3.8, 4) is 0 Å². The van der Waals surface area contributed by atoms with E-state index in [0.29, 0.717) is 12.5 Å². The van der Waals surface area contributed by atoms with E-state index in [4.69, 9.17) is 5.73 Å². The Bertz CT molecular complexity index is 297. The molecule has 2 rings (SSSR count). The summed E-state index contributed by atoms with van der Waals surface area (Å²) in [6.45, 7) is 2.63. The summed E-state index contributed by atoms with van der Waals surface area (Å²) in [6.07, 6.45) is 6.71. The quantitative estimate of drug-likeness (QED) is 0.756. The Kier molecular flexibility index (Phi) is 2.87. The number of hydrogen-bond donors (Lipinski definition) is 2. The lowest BCUT2D eigenvalue weighted by Gasteiger charge is -2.20. The number of imidazole rings is 1. The summed E-state index contributed by atoms with van der Waals surface area (Å²) in [5, 5.41) is 0. The van der Waals surface area contributed by atoms with E-state index in [2.05, 4.69) is 16.9 Å². The third-order valence-electron chi connectivity index (χ3n) is 3.16. The topological polar surface area (TPSA) is 54.7 Å². The molecule has 1 fully saturated rings. The number of aromatic amines is 1. The van der Waals surface area contributed by atoms with Crippen LogP contribution in [0, 0.1) is 6.92 Å². The molecule has 14 heavy (non-hydrogen) atoms. The van der Waals surface area contributed by atoms with Crippen molar-refractivity contribution in [3.05, 3.63) is 17.2 Å². The van der Waals surface area contributed by atoms with Crippen molar-refractivity contribution in [3.63, 3.8) is 0 Å². The fraction of sp³-hybridized carbons (Fsp3) is 0.727. The Morgan fingerprint density at radius 2 is 2.07 bits per heavy atom. The van der Waals surface area contributed by atoms with Gasteiger partial charge in [0.2, 0.25) is 0 Å². The minimum absolute atomic E-state index is 0.521. The van der Waals surface area contributed by atoms with Crippen LogP contribution in [0.15, 0.2) is 0 Å². The average molecular weight is 193 g/mol. The molecule has 1 heterocycles. The Morgan fingerprint density at radius 1 is 1.36 bits per heavy atom. The number of nitrogens with one attached hydrogen (secondary N) is 1. The van der Waals surface area contributed by atoms with Gasteiger partial charge < -0.3 is 10.7 Å². The highest BCUT2D eigenvalue weighted by Gasteiger charge is 2.20. The predicted molar refractivity (Wildman–Crippen MR) is 57.0 cm³/mol. The van der Waals surface area contributed by atoms with E-state index in [-0.39, 0.29) is 0 Å². The zero-order chi connectivity index (χ0) is 9.97. The maximum Gasteiger partial charge on any atom is 0.120 e. The molecule has 1 saturated carbocycles. The molecule has 1 aliphatic carbocycles. The first-order valence-corrected chi connectivity index (χ1v) is 5.56. The molecule has 1 aromatic heterocycles. The largest absolute Gasteiger partial charge is 0.345 e. The van der Waals surface area contributed by atoms with E-state index >= 15 is 0 Å². The van der Waals surface area contributed by atoms with Gasteiger partial charge in [-0.2, -0.15) is 0 Å². The maximum absolute atomic E-state index is 5.57. The SMILES string of the molecule is Cc1[nH]c(CN)nc1C1CCCCC1. The molecule has 78 valence electrons. The Morgan fingerprint density at radius 3 is 2.64 bits per heavy atom. The summed E-state index contributed by atoms with van der Waals surface area (Å²) in [5.74, 6) is 1.61. The zero-order valence-electron chi connectivity index (χ0n) is 8.84. The van der Waals surface area contributed by atoms with Crippen molar-refractivity contribution in [1.82, 2.24) is 9.97 Å². The van der Waals surface area contributed by atoms with Crippen molar-refractivity contribution >= 4 is 0 Å². The number of nitrogens with two attached hydrogens (primary N) is 1. The molecule has 1 aromatic rings. The van der Waals surface area contributed by atoms with Crippen LogP contribution in [-0.2, 0) is 6.54 Å². The van der Waals surface area contributed by atoms with Gasteiger partial charge >= 0.3 is 0 Å². The van der Waals surface area contributed by atoms with Crippen molar-refractivity contribution in [1.29, 1.82) is 0 Å². The Labute approximate surface area is 85.1 Å². The van der Waals surface area contributed by atoms with Crippen LogP contribution in [0.25, 0.3) is 0 Å². The van der Waals surface area contributed by atoms with Crippen LogP contribution in [-0.4, -0.2) is 9.97 Å². The van der Waals surface area contributed by atoms with Crippen LogP contribution in [0.5, 0.6) is 0 Å². The fourth-order valence-electron chi connectivity index (χ4n) is 2.41. The third-order valence-corrected chi connectivity index (χ3v) is 3.16. The van der Waals surface area contributed by atoms with Gasteiger partial charge in [0.1, 0.15) is 5.82 Å². The second-order valence-corrected chi connectivity index (χ2v) is 4.23. The van der Waals surface area contributed by atoms with E-state index in [9.17, 15) is 0 Å². The number of aromatic nitrogens is 2. The predicted octanol–water partition coefficient (Wildman–Crippen LogP) is 2.22. The lowest BCUT2D eigenvalue weighted by atomic mass is 9.86. The molecular formula is C11H19N3. The lowest BCUT2D eigenvalue weighted by molar-refractivity contribution is 0.436. The van der Waals surface area contributed by atoms with E-state index in [0.717, 1.165) is 5.82 Å². The highest BCUT2D eigenvalue weighted by Crippen LogP contribution is 2.32. The molecule has 0 aromatic carbocycles. The average Bonchev–Trinajstić information content (AvgIpc) is 2.61. The van der Waals surface area contributed by atoms with Crippen LogP contribution in [0.3, 0.4) is 0 Å². The Balaban J connectivity index is 2.17. The number of rotatable bonds is 2. The van der Waals surface area contributed by atoms with Gasteiger partial charge in [-0.3, -0.25) is 0 Å². The summed E-state index contributed by atoms with van der Waals surface area (Å²) >= 11 is 0. The van der Waals surface area contributed by atoms with Gasteiger partial charge in [-0.1, -0.05) is 19.3 Å². The second kappa shape index (κ2) is 4.13. The first-order chi connectivity index (χ1) is 6.81. The molecule has 1 aliphatic rings. The van der Waals surface area contributed by atoms with Gasteiger partial charge in [-0.25, -0.2) is 4.98 Å². The smallest absolute Gasteiger partial charge is 0.120 e. The number of hydrogen-bond acceptors (Lipinski definition) is 2. The van der Waals surface area contributed by atoms with Crippen molar-refractivity contribution in [2.24, 2.45) is 5.73 Å². The maximum atomic E-state index is 5.57. The highest BCUT2D eigenvalue weighted by molar-refractivity contribution is 5.18. The molecule has 0 saturated heterocycles. The third kappa shape index (κ3) is 1.82. The van der Waals surface area contributed by atoms with Crippen LogP contribution in [0.2, 0.25) is 0 Å². The molecule has 0 amide bonds. The molecule has 3 N–H and O–H groups in total. The van der Waals surface area contributed by atoms with Gasteiger partial charge in [-0.15, -0.1) is 0 Å². The summed E-state index contributed by atoms with van der Waals surface area (Å²) in [6, 6.07) is 0. The standard InChI is InChI=1S/C11H19N3/c1-8-11(14-10(7-12)13-8)9-5-3-2-4-6-9/h9H,2-7,12H2,1H3,(H,13,14).